The lowest BCUT2D eigenvalue weighted by molar-refractivity contribution is -0.126. The van der Waals surface area contributed by atoms with E-state index in [1.807, 2.05) is 13.1 Å². The summed E-state index contributed by atoms with van der Waals surface area (Å²) in [4.78, 5) is 21.9. The van der Waals surface area contributed by atoms with Crippen LogP contribution in [-0.2, 0) is 17.6 Å². The molecule has 6 nitrogen and oxygen atoms in total. The first-order valence-electron chi connectivity index (χ1n) is 10.9. The summed E-state index contributed by atoms with van der Waals surface area (Å²) in [5.41, 5.74) is 6.19. The number of piperidine rings is 1. The van der Waals surface area contributed by atoms with Crippen molar-refractivity contribution >= 4 is 40.8 Å². The predicted molar refractivity (Wildman–Crippen MR) is 128 cm³/mol. The maximum atomic E-state index is 13.9. The minimum atomic E-state index is -0.298. The number of hydrogen-bond acceptors (Lipinski definition) is 5. The van der Waals surface area contributed by atoms with E-state index in [-0.39, 0.29) is 30.0 Å². The summed E-state index contributed by atoms with van der Waals surface area (Å²) in [6.45, 7) is 1.78. The lowest BCUT2D eigenvalue weighted by Gasteiger charge is -2.28. The molecule has 1 atom stereocenters. The lowest BCUT2D eigenvalue weighted by Crippen LogP contribution is -2.40. The molecule has 1 saturated heterocycles. The number of benzene rings is 1. The van der Waals surface area contributed by atoms with E-state index < -0.39 is 0 Å². The topological polar surface area (TPSA) is 62.0 Å². The number of imidazole rings is 1. The fourth-order valence-corrected chi connectivity index (χ4v) is 5.87. The molecule has 0 spiro atoms. The Hall–Kier alpha value is -2.29. The first kappa shape index (κ1) is 22.9. The Labute approximate surface area is 196 Å². The third-order valence-electron chi connectivity index (χ3n) is 6.21. The summed E-state index contributed by atoms with van der Waals surface area (Å²) < 4.78 is 16.1. The zero-order chi connectivity index (χ0) is 21.4. The molecule has 5 rings (SSSR count). The number of aryl methyl sites for hydroxylation is 2. The van der Waals surface area contributed by atoms with Crippen LogP contribution in [0, 0.1) is 11.7 Å². The second-order valence-corrected chi connectivity index (χ2v) is 9.55. The van der Waals surface area contributed by atoms with E-state index in [4.69, 9.17) is 4.98 Å². The van der Waals surface area contributed by atoms with Gasteiger partial charge in [0.05, 0.1) is 23.5 Å². The molecular weight excluding hydrogens is 449 g/mol. The summed E-state index contributed by atoms with van der Waals surface area (Å²) in [7, 11) is 2.04. The average Bonchev–Trinajstić information content (AvgIpc) is 3.30. The normalized spacial score (nSPS) is 19.1. The van der Waals surface area contributed by atoms with Gasteiger partial charge in [0, 0.05) is 22.7 Å². The van der Waals surface area contributed by atoms with Crippen molar-refractivity contribution in [2.24, 2.45) is 11.0 Å². The van der Waals surface area contributed by atoms with Crippen LogP contribution in [-0.4, -0.2) is 46.5 Å². The number of carbonyl (C=O) groups is 1. The van der Waals surface area contributed by atoms with E-state index in [1.54, 1.807) is 23.6 Å². The van der Waals surface area contributed by atoms with Crippen LogP contribution in [0.25, 0.3) is 16.2 Å². The minimum Gasteiger partial charge on any atom is -0.306 e. The number of fused-ring (bicyclic) bond motifs is 3. The molecule has 1 fully saturated rings. The summed E-state index contributed by atoms with van der Waals surface area (Å²) in [5, 5.41) is 4.31. The third kappa shape index (κ3) is 4.44. The van der Waals surface area contributed by atoms with Gasteiger partial charge < -0.3 is 4.90 Å². The number of rotatable bonds is 4. The van der Waals surface area contributed by atoms with Crippen molar-refractivity contribution < 1.29 is 9.18 Å². The Morgan fingerprint density at radius 3 is 2.97 bits per heavy atom. The molecule has 1 aliphatic heterocycles. The van der Waals surface area contributed by atoms with E-state index in [9.17, 15) is 9.18 Å². The van der Waals surface area contributed by atoms with Crippen molar-refractivity contribution in [1.82, 2.24) is 19.7 Å². The molecule has 1 unspecified atom stereocenters. The maximum Gasteiger partial charge on any atom is 0.244 e. The molecular formula is C23H27ClFN5OS. The molecule has 3 heterocycles. The molecule has 0 bridgehead atoms. The SMILES string of the molecule is CN1CCCC(C(=O)NN=Cc2c(-c3cccc(F)c3)nc3sc4c(n23)CCCC4)C1.Cl. The van der Waals surface area contributed by atoms with Crippen LogP contribution in [0.5, 0.6) is 0 Å². The molecule has 32 heavy (non-hydrogen) atoms. The van der Waals surface area contributed by atoms with Crippen LogP contribution in [0.3, 0.4) is 0 Å². The minimum absolute atomic E-state index is 0. The molecule has 0 saturated carbocycles. The van der Waals surface area contributed by atoms with Crippen LogP contribution in [0.4, 0.5) is 4.39 Å². The van der Waals surface area contributed by atoms with E-state index >= 15 is 0 Å². The Bertz CT molecular complexity index is 1160. The fourth-order valence-electron chi connectivity index (χ4n) is 4.66. The van der Waals surface area contributed by atoms with Gasteiger partial charge in [-0.1, -0.05) is 12.1 Å². The fraction of sp³-hybridized carbons (Fsp3) is 0.435. The van der Waals surface area contributed by atoms with E-state index in [2.05, 4.69) is 19.8 Å². The molecule has 170 valence electrons. The number of nitrogens with zero attached hydrogens (tertiary/aromatic N) is 4. The number of amides is 1. The molecule has 1 amide bonds. The number of aromatic nitrogens is 2. The van der Waals surface area contributed by atoms with Crippen molar-refractivity contribution in [3.63, 3.8) is 0 Å². The van der Waals surface area contributed by atoms with Crippen LogP contribution in [0.15, 0.2) is 29.4 Å². The van der Waals surface area contributed by atoms with Gasteiger partial charge in [0.1, 0.15) is 5.82 Å². The first-order valence-corrected chi connectivity index (χ1v) is 11.7. The summed E-state index contributed by atoms with van der Waals surface area (Å²) in [6, 6.07) is 6.47. The summed E-state index contributed by atoms with van der Waals surface area (Å²) in [5.74, 6) is -0.394. The van der Waals surface area contributed by atoms with Crippen LogP contribution in [0.2, 0.25) is 0 Å². The highest BCUT2D eigenvalue weighted by Gasteiger charge is 2.25. The van der Waals surface area contributed by atoms with Gasteiger partial charge in [-0.05, 0) is 64.3 Å². The van der Waals surface area contributed by atoms with Gasteiger partial charge in [-0.25, -0.2) is 14.8 Å². The number of hydrazone groups is 1. The second kappa shape index (κ2) is 9.68. The second-order valence-electron chi connectivity index (χ2n) is 8.49. The van der Waals surface area contributed by atoms with Gasteiger partial charge in [-0.2, -0.15) is 5.10 Å². The average molecular weight is 476 g/mol. The van der Waals surface area contributed by atoms with Crippen LogP contribution >= 0.6 is 23.7 Å². The molecule has 2 aliphatic rings. The number of halogens is 2. The van der Waals surface area contributed by atoms with Gasteiger partial charge in [-0.3, -0.25) is 9.20 Å². The summed E-state index contributed by atoms with van der Waals surface area (Å²) >= 11 is 1.70. The number of likely N-dealkylation sites (tertiary alicyclic amines) is 1. The van der Waals surface area contributed by atoms with E-state index in [0.29, 0.717) is 11.3 Å². The maximum absolute atomic E-state index is 13.9. The molecule has 2 aromatic heterocycles. The zero-order valence-corrected chi connectivity index (χ0v) is 19.6. The molecule has 1 aromatic carbocycles. The predicted octanol–water partition coefficient (Wildman–Crippen LogP) is 4.29. The van der Waals surface area contributed by atoms with Crippen molar-refractivity contribution in [2.75, 3.05) is 20.1 Å². The Kier molecular flexibility index (Phi) is 6.93. The number of thiazole rings is 1. The molecule has 3 aromatic rings. The monoisotopic (exact) mass is 475 g/mol. The van der Waals surface area contributed by atoms with Gasteiger partial charge in [0.15, 0.2) is 4.96 Å². The third-order valence-corrected chi connectivity index (χ3v) is 7.35. The smallest absolute Gasteiger partial charge is 0.244 e. The standard InChI is InChI=1S/C23H26FN5OS.ClH/c1-28-11-5-7-16(14-28)22(30)27-25-13-19-21(15-6-4-8-17(24)12-15)26-23-29(19)18-9-2-3-10-20(18)31-23;/h4,6,8,12-13,16H,2-3,5,7,9-11,14H2,1H3,(H,27,30);1H. The highest BCUT2D eigenvalue weighted by molar-refractivity contribution is 7.17. The lowest BCUT2D eigenvalue weighted by atomic mass is 9.98. The Morgan fingerprint density at radius 2 is 2.16 bits per heavy atom. The van der Waals surface area contributed by atoms with Crippen molar-refractivity contribution in [3.05, 3.63) is 46.3 Å². The Balaban J connectivity index is 0.00000245. The Morgan fingerprint density at radius 1 is 1.31 bits per heavy atom. The van der Waals surface area contributed by atoms with Gasteiger partial charge in [0.25, 0.3) is 0 Å². The quantitative estimate of drug-likeness (QED) is 0.452. The largest absolute Gasteiger partial charge is 0.306 e. The highest BCUT2D eigenvalue weighted by atomic mass is 35.5. The molecule has 0 radical (unpaired) electrons. The number of carbonyl (C=O) groups excluding carboxylic acids is 1. The van der Waals surface area contributed by atoms with Gasteiger partial charge in [-0.15, -0.1) is 23.7 Å². The molecule has 1 aliphatic carbocycles. The van der Waals surface area contributed by atoms with Crippen molar-refractivity contribution in [1.29, 1.82) is 0 Å². The zero-order valence-electron chi connectivity index (χ0n) is 18.0. The van der Waals surface area contributed by atoms with E-state index in [0.717, 1.165) is 55.8 Å². The first-order chi connectivity index (χ1) is 15.1. The van der Waals surface area contributed by atoms with Gasteiger partial charge >= 0.3 is 0 Å². The van der Waals surface area contributed by atoms with Crippen LogP contribution in [0.1, 0.15) is 41.9 Å². The summed E-state index contributed by atoms with van der Waals surface area (Å²) in [6.07, 6.45) is 7.99. The molecule has 1 N–H and O–H groups in total. The van der Waals surface area contributed by atoms with Gasteiger partial charge in [0.2, 0.25) is 5.91 Å². The number of nitrogens with one attached hydrogen (secondary N) is 1. The number of hydrogen-bond donors (Lipinski definition) is 1. The molecule has 9 heteroatoms. The van der Waals surface area contributed by atoms with Crippen molar-refractivity contribution in [3.8, 4) is 11.3 Å². The highest BCUT2D eigenvalue weighted by Crippen LogP contribution is 2.34. The van der Waals surface area contributed by atoms with Crippen LogP contribution < -0.4 is 5.43 Å². The van der Waals surface area contributed by atoms with E-state index in [1.165, 1.54) is 29.1 Å². The van der Waals surface area contributed by atoms with Crippen molar-refractivity contribution in [2.45, 2.75) is 38.5 Å².